The molecule has 1 saturated heterocycles. The maximum Gasteiger partial charge on any atom is 0.233 e. The molecule has 0 spiro atoms. The van der Waals surface area contributed by atoms with E-state index in [1.165, 1.54) is 11.8 Å². The zero-order valence-electron chi connectivity index (χ0n) is 11.6. The van der Waals surface area contributed by atoms with Crippen molar-refractivity contribution in [2.75, 3.05) is 18.1 Å². The number of hydrogen-bond donors (Lipinski definition) is 0. The Labute approximate surface area is 127 Å². The van der Waals surface area contributed by atoms with Gasteiger partial charge in [0.05, 0.1) is 17.2 Å². The minimum Gasteiger partial charge on any atom is -0.329 e. The summed E-state index contributed by atoms with van der Waals surface area (Å²) in [5, 5.41) is 12.9. The fourth-order valence-corrected chi connectivity index (χ4v) is 4.54. The molecule has 3 rings (SSSR count). The second-order valence-electron chi connectivity index (χ2n) is 5.13. The van der Waals surface area contributed by atoms with Crippen LogP contribution in [0.15, 0.2) is 5.16 Å². The lowest BCUT2D eigenvalue weighted by Gasteiger charge is -2.23. The van der Waals surface area contributed by atoms with Gasteiger partial charge in [0.1, 0.15) is 0 Å². The van der Waals surface area contributed by atoms with Gasteiger partial charge in [0.25, 0.3) is 0 Å². The highest BCUT2D eigenvalue weighted by atomic mass is 32.2. The van der Waals surface area contributed by atoms with Gasteiger partial charge < -0.3 is 4.90 Å². The van der Waals surface area contributed by atoms with Crippen LogP contribution in [0, 0.1) is 0 Å². The first-order chi connectivity index (χ1) is 9.79. The molecule has 1 amide bonds. The van der Waals surface area contributed by atoms with E-state index in [-0.39, 0.29) is 5.91 Å². The molecule has 1 aromatic heterocycles. The van der Waals surface area contributed by atoms with Gasteiger partial charge in [-0.25, -0.2) is 4.68 Å². The number of rotatable bonds is 6. The number of nitrogens with zero attached hydrogens (tertiary/aromatic N) is 5. The number of carbonyl (C=O) groups is 1. The summed E-state index contributed by atoms with van der Waals surface area (Å²) in [6, 6.07) is 0.456. The topological polar surface area (TPSA) is 63.9 Å². The molecule has 8 heteroatoms. The Kier molecular flexibility index (Phi) is 4.50. The zero-order valence-corrected chi connectivity index (χ0v) is 13.2. The van der Waals surface area contributed by atoms with Crippen molar-refractivity contribution in [2.24, 2.45) is 0 Å². The lowest BCUT2D eigenvalue weighted by molar-refractivity contribution is -0.128. The van der Waals surface area contributed by atoms with Crippen LogP contribution in [0.25, 0.3) is 0 Å². The van der Waals surface area contributed by atoms with E-state index in [4.69, 9.17) is 0 Å². The number of amides is 1. The summed E-state index contributed by atoms with van der Waals surface area (Å²) < 4.78 is 1.86. The van der Waals surface area contributed by atoms with E-state index in [0.717, 1.165) is 43.1 Å². The maximum absolute atomic E-state index is 12.3. The first-order valence-corrected chi connectivity index (χ1v) is 9.14. The van der Waals surface area contributed by atoms with Crippen molar-refractivity contribution < 1.29 is 4.79 Å². The summed E-state index contributed by atoms with van der Waals surface area (Å²) in [6.45, 7) is 3.04. The van der Waals surface area contributed by atoms with Gasteiger partial charge in [-0.1, -0.05) is 25.1 Å². The van der Waals surface area contributed by atoms with Crippen LogP contribution in [0.1, 0.15) is 38.6 Å². The van der Waals surface area contributed by atoms with Gasteiger partial charge in [0, 0.05) is 12.3 Å². The average molecular weight is 313 g/mol. The second kappa shape index (κ2) is 6.34. The van der Waals surface area contributed by atoms with Crippen molar-refractivity contribution in [3.05, 3.63) is 0 Å². The summed E-state index contributed by atoms with van der Waals surface area (Å²) in [6.07, 6.45) is 4.50. The van der Waals surface area contributed by atoms with E-state index in [1.807, 2.05) is 21.3 Å². The van der Waals surface area contributed by atoms with Crippen molar-refractivity contribution in [3.8, 4) is 0 Å². The largest absolute Gasteiger partial charge is 0.329 e. The minimum atomic E-state index is 0.212. The summed E-state index contributed by atoms with van der Waals surface area (Å²) in [7, 11) is 0. The molecule has 0 unspecified atom stereocenters. The number of aromatic nitrogens is 4. The molecular weight excluding hydrogens is 294 g/mol. The van der Waals surface area contributed by atoms with E-state index in [1.54, 1.807) is 0 Å². The number of hydrogen-bond acceptors (Lipinski definition) is 6. The number of thioether (sulfide) groups is 2. The number of tetrazole rings is 1. The van der Waals surface area contributed by atoms with Gasteiger partial charge in [-0.15, -0.1) is 16.9 Å². The Morgan fingerprint density at radius 3 is 3.10 bits per heavy atom. The predicted octanol–water partition coefficient (Wildman–Crippen LogP) is 1.80. The van der Waals surface area contributed by atoms with E-state index >= 15 is 0 Å². The standard InChI is InChI=1S/C12H19N5OS2/c1-2-3-11-16(6-7-19-11)10(18)8-20-12-13-14-15-17(12)9-4-5-9/h9,11H,2-8H2,1H3/t11-/m1/s1. The molecule has 0 aromatic carbocycles. The molecule has 2 fully saturated rings. The van der Waals surface area contributed by atoms with Crippen LogP contribution < -0.4 is 0 Å². The Morgan fingerprint density at radius 1 is 1.50 bits per heavy atom. The smallest absolute Gasteiger partial charge is 0.233 e. The van der Waals surface area contributed by atoms with Gasteiger partial charge in [0.2, 0.25) is 11.1 Å². The molecule has 2 aliphatic rings. The van der Waals surface area contributed by atoms with Crippen LogP contribution in [0.2, 0.25) is 0 Å². The highest BCUT2D eigenvalue weighted by Crippen LogP contribution is 2.36. The molecule has 0 radical (unpaired) electrons. The lowest BCUT2D eigenvalue weighted by Crippen LogP contribution is -2.36. The maximum atomic E-state index is 12.3. The van der Waals surface area contributed by atoms with Gasteiger partial charge in [-0.3, -0.25) is 4.79 Å². The fourth-order valence-electron chi connectivity index (χ4n) is 2.33. The molecular formula is C12H19N5OS2. The molecule has 1 aliphatic heterocycles. The second-order valence-corrected chi connectivity index (χ2v) is 7.36. The molecule has 0 bridgehead atoms. The molecule has 6 nitrogen and oxygen atoms in total. The summed E-state index contributed by atoms with van der Waals surface area (Å²) in [4.78, 5) is 14.4. The van der Waals surface area contributed by atoms with E-state index in [0.29, 0.717) is 17.2 Å². The summed E-state index contributed by atoms with van der Waals surface area (Å²) in [5.41, 5.74) is 0. The highest BCUT2D eigenvalue weighted by molar-refractivity contribution is 8.00. The third-order valence-electron chi connectivity index (χ3n) is 3.53. The SMILES string of the molecule is CCC[C@H]1SCCN1C(=O)CSc1nnnn1C1CC1. The predicted molar refractivity (Wildman–Crippen MR) is 79.7 cm³/mol. The molecule has 0 N–H and O–H groups in total. The summed E-state index contributed by atoms with van der Waals surface area (Å²) >= 11 is 3.36. The van der Waals surface area contributed by atoms with E-state index < -0.39 is 0 Å². The highest BCUT2D eigenvalue weighted by Gasteiger charge is 2.30. The molecule has 1 atom stereocenters. The number of carbonyl (C=O) groups excluding carboxylic acids is 1. The first kappa shape index (κ1) is 14.2. The molecule has 20 heavy (non-hydrogen) atoms. The van der Waals surface area contributed by atoms with Crippen molar-refractivity contribution >= 4 is 29.4 Å². The Morgan fingerprint density at radius 2 is 2.35 bits per heavy atom. The summed E-state index contributed by atoms with van der Waals surface area (Å²) in [5.74, 6) is 1.71. The fraction of sp³-hybridized carbons (Fsp3) is 0.833. The van der Waals surface area contributed by atoms with E-state index in [9.17, 15) is 4.79 Å². The average Bonchev–Trinajstić information content (AvgIpc) is 3.00. The Balaban J connectivity index is 1.54. The molecule has 1 aliphatic carbocycles. The van der Waals surface area contributed by atoms with Crippen LogP contribution in [-0.4, -0.2) is 54.4 Å². The minimum absolute atomic E-state index is 0.212. The van der Waals surface area contributed by atoms with Crippen molar-refractivity contribution in [2.45, 2.75) is 49.2 Å². The van der Waals surface area contributed by atoms with Gasteiger partial charge in [0.15, 0.2) is 0 Å². The quantitative estimate of drug-likeness (QED) is 0.746. The van der Waals surface area contributed by atoms with Crippen molar-refractivity contribution in [1.82, 2.24) is 25.1 Å². The lowest BCUT2D eigenvalue weighted by atomic mass is 10.3. The molecule has 1 saturated carbocycles. The van der Waals surface area contributed by atoms with Gasteiger partial charge in [-0.05, 0) is 29.7 Å². The first-order valence-electron chi connectivity index (χ1n) is 7.11. The zero-order chi connectivity index (χ0) is 13.9. The monoisotopic (exact) mass is 313 g/mol. The van der Waals surface area contributed by atoms with Gasteiger partial charge in [-0.2, -0.15) is 0 Å². The van der Waals surface area contributed by atoms with Crippen molar-refractivity contribution in [1.29, 1.82) is 0 Å². The van der Waals surface area contributed by atoms with Crippen LogP contribution in [0.4, 0.5) is 0 Å². The van der Waals surface area contributed by atoms with Crippen molar-refractivity contribution in [3.63, 3.8) is 0 Å². The normalized spacial score (nSPS) is 22.4. The molecule has 110 valence electrons. The molecule has 2 heterocycles. The Hall–Kier alpha value is -0.760. The van der Waals surface area contributed by atoms with Gasteiger partial charge >= 0.3 is 0 Å². The third kappa shape index (κ3) is 3.11. The van der Waals surface area contributed by atoms with Crippen LogP contribution in [0.3, 0.4) is 0 Å². The van der Waals surface area contributed by atoms with Crippen LogP contribution >= 0.6 is 23.5 Å². The van der Waals surface area contributed by atoms with E-state index in [2.05, 4.69) is 22.4 Å². The van der Waals surface area contributed by atoms with Crippen LogP contribution in [-0.2, 0) is 4.79 Å². The Bertz CT molecular complexity index is 476. The van der Waals surface area contributed by atoms with Crippen LogP contribution in [0.5, 0.6) is 0 Å². The third-order valence-corrected chi connectivity index (χ3v) is 5.74. The molecule has 1 aromatic rings.